The Morgan fingerprint density at radius 3 is 2.44 bits per heavy atom. The van der Waals surface area contributed by atoms with Crippen LogP contribution in [0.15, 0.2) is 28.7 Å². The number of hydrogen-bond acceptors (Lipinski definition) is 4. The zero-order valence-electron chi connectivity index (χ0n) is 14.4. The molecule has 1 atom stereocenters. The van der Waals surface area contributed by atoms with Gasteiger partial charge >= 0.3 is 6.03 Å². The predicted octanol–water partition coefficient (Wildman–Crippen LogP) is 2.51. The molecule has 1 aliphatic rings. The molecule has 1 aromatic carbocycles. The summed E-state index contributed by atoms with van der Waals surface area (Å²) in [6, 6.07) is 6.28. The molecule has 130 valence electrons. The van der Waals surface area contributed by atoms with Crippen molar-refractivity contribution in [2.24, 2.45) is 0 Å². The third-order valence-corrected chi connectivity index (χ3v) is 4.53. The summed E-state index contributed by atoms with van der Waals surface area (Å²) in [5.41, 5.74) is 1.22. The van der Waals surface area contributed by atoms with Crippen LogP contribution in [0, 0.1) is 20.8 Å². The number of carbonyl (C=O) groups excluding carboxylic acids is 3. The lowest BCUT2D eigenvalue weighted by molar-refractivity contribution is -0.123. The number of urea groups is 1. The minimum Gasteiger partial charge on any atom is -0.466 e. The van der Waals surface area contributed by atoms with Crippen LogP contribution in [0.3, 0.4) is 0 Å². The molecule has 0 aliphatic carbocycles. The normalized spacial score (nSPS) is 19.5. The Morgan fingerprint density at radius 2 is 1.88 bits per heavy atom. The molecule has 0 bridgehead atoms. The Hall–Kier alpha value is -3.09. The number of furan rings is 1. The largest absolute Gasteiger partial charge is 0.466 e. The Bertz CT molecular complexity index is 900. The molecule has 7 nitrogen and oxygen atoms in total. The van der Waals surface area contributed by atoms with Gasteiger partial charge in [-0.05, 0) is 45.4 Å². The van der Waals surface area contributed by atoms with Crippen molar-refractivity contribution in [3.63, 3.8) is 0 Å². The fourth-order valence-corrected chi connectivity index (χ4v) is 2.98. The molecule has 4 amide bonds. The Balaban J connectivity index is 1.89. The van der Waals surface area contributed by atoms with Gasteiger partial charge in [-0.1, -0.05) is 12.1 Å². The Kier molecular flexibility index (Phi) is 3.87. The van der Waals surface area contributed by atoms with Crippen molar-refractivity contribution < 1.29 is 18.8 Å². The van der Waals surface area contributed by atoms with E-state index in [0.717, 1.165) is 5.56 Å². The Morgan fingerprint density at radius 1 is 1.16 bits per heavy atom. The number of hydrogen-bond donors (Lipinski definition) is 3. The van der Waals surface area contributed by atoms with Gasteiger partial charge in [0.1, 0.15) is 17.1 Å². The van der Waals surface area contributed by atoms with E-state index in [0.29, 0.717) is 28.3 Å². The molecule has 3 rings (SSSR count). The second-order valence-electron chi connectivity index (χ2n) is 6.28. The van der Waals surface area contributed by atoms with Crippen molar-refractivity contribution in [3.8, 4) is 0 Å². The highest BCUT2D eigenvalue weighted by Crippen LogP contribution is 2.27. The second kappa shape index (κ2) is 5.77. The molecule has 0 saturated carbocycles. The van der Waals surface area contributed by atoms with Crippen LogP contribution >= 0.6 is 0 Å². The van der Waals surface area contributed by atoms with Gasteiger partial charge in [0.05, 0.1) is 5.56 Å². The van der Waals surface area contributed by atoms with E-state index in [2.05, 4.69) is 16.0 Å². The molecule has 25 heavy (non-hydrogen) atoms. The van der Waals surface area contributed by atoms with Gasteiger partial charge in [0, 0.05) is 11.3 Å². The van der Waals surface area contributed by atoms with Gasteiger partial charge in [0.15, 0.2) is 0 Å². The second-order valence-corrected chi connectivity index (χ2v) is 6.28. The monoisotopic (exact) mass is 341 g/mol. The molecule has 1 aromatic heterocycles. The lowest BCUT2D eigenvalue weighted by Crippen LogP contribution is -2.40. The van der Waals surface area contributed by atoms with E-state index < -0.39 is 17.5 Å². The van der Waals surface area contributed by atoms with Gasteiger partial charge < -0.3 is 15.1 Å². The molecule has 1 aliphatic heterocycles. The smallest absolute Gasteiger partial charge is 0.322 e. The van der Waals surface area contributed by atoms with E-state index in [1.165, 1.54) is 0 Å². The highest BCUT2D eigenvalue weighted by molar-refractivity contribution is 6.08. The van der Waals surface area contributed by atoms with Gasteiger partial charge in [-0.3, -0.25) is 14.9 Å². The molecule has 3 N–H and O–H groups in total. The number of nitrogens with one attached hydrogen (secondary N) is 3. The number of amides is 4. The molecule has 7 heteroatoms. The molecule has 2 aromatic rings. The minimum absolute atomic E-state index is 0.283. The van der Waals surface area contributed by atoms with Crippen molar-refractivity contribution in [2.45, 2.75) is 33.2 Å². The van der Waals surface area contributed by atoms with Crippen molar-refractivity contribution in [2.75, 3.05) is 5.32 Å². The molecular formula is C18H19N3O4. The fourth-order valence-electron chi connectivity index (χ4n) is 2.98. The zero-order valence-corrected chi connectivity index (χ0v) is 14.4. The summed E-state index contributed by atoms with van der Waals surface area (Å²) in [5.74, 6) is 0.541. The maximum Gasteiger partial charge on any atom is 0.322 e. The van der Waals surface area contributed by atoms with Crippen LogP contribution in [-0.4, -0.2) is 17.8 Å². The molecular weight excluding hydrogens is 322 g/mol. The van der Waals surface area contributed by atoms with E-state index in [4.69, 9.17) is 4.42 Å². The SMILES string of the molecule is Cc1oc(C)c(C(=O)Nc2cccc([C@]3(C)NC(=O)NC3=O)c2)c1C. The van der Waals surface area contributed by atoms with Gasteiger partial charge in [0.2, 0.25) is 0 Å². The number of rotatable bonds is 3. The predicted molar refractivity (Wildman–Crippen MR) is 91.3 cm³/mol. The van der Waals surface area contributed by atoms with Crippen molar-refractivity contribution in [1.29, 1.82) is 0 Å². The zero-order chi connectivity index (χ0) is 18.4. The van der Waals surface area contributed by atoms with Crippen LogP contribution in [0.5, 0.6) is 0 Å². The van der Waals surface area contributed by atoms with Crippen LogP contribution in [-0.2, 0) is 10.3 Å². The number of aryl methyl sites for hydroxylation is 2. The molecule has 0 spiro atoms. The lowest BCUT2D eigenvalue weighted by atomic mass is 9.92. The summed E-state index contributed by atoms with van der Waals surface area (Å²) in [6.07, 6.45) is 0. The van der Waals surface area contributed by atoms with E-state index in [9.17, 15) is 14.4 Å². The van der Waals surface area contributed by atoms with Gasteiger partial charge in [0.25, 0.3) is 11.8 Å². The maximum absolute atomic E-state index is 12.6. The van der Waals surface area contributed by atoms with E-state index in [1.54, 1.807) is 38.1 Å². The van der Waals surface area contributed by atoms with Crippen LogP contribution in [0.2, 0.25) is 0 Å². The number of carbonyl (C=O) groups is 3. The maximum atomic E-state index is 12.6. The summed E-state index contributed by atoms with van der Waals surface area (Å²) < 4.78 is 5.49. The number of benzene rings is 1. The number of anilines is 1. The summed E-state index contributed by atoms with van der Waals surface area (Å²) >= 11 is 0. The van der Waals surface area contributed by atoms with Crippen molar-refractivity contribution in [3.05, 3.63) is 52.5 Å². The molecule has 1 fully saturated rings. The first-order chi connectivity index (χ1) is 11.7. The average Bonchev–Trinajstić information content (AvgIpc) is 2.95. The van der Waals surface area contributed by atoms with Crippen LogP contribution in [0.1, 0.15) is 39.9 Å². The van der Waals surface area contributed by atoms with Gasteiger partial charge in [-0.25, -0.2) is 4.79 Å². The molecule has 0 unspecified atom stereocenters. The topological polar surface area (TPSA) is 100 Å². The van der Waals surface area contributed by atoms with Gasteiger partial charge in [-0.2, -0.15) is 0 Å². The Labute approximate surface area is 144 Å². The summed E-state index contributed by atoms with van der Waals surface area (Å²) in [5, 5.41) is 7.64. The third-order valence-electron chi connectivity index (χ3n) is 4.53. The van der Waals surface area contributed by atoms with Gasteiger partial charge in [-0.15, -0.1) is 0 Å². The van der Waals surface area contributed by atoms with Crippen molar-refractivity contribution in [1.82, 2.24) is 10.6 Å². The lowest BCUT2D eigenvalue weighted by Gasteiger charge is -2.21. The average molecular weight is 341 g/mol. The first kappa shape index (κ1) is 16.8. The summed E-state index contributed by atoms with van der Waals surface area (Å²) in [6.45, 7) is 6.99. The number of imide groups is 1. The van der Waals surface area contributed by atoms with E-state index >= 15 is 0 Å². The van der Waals surface area contributed by atoms with Crippen LogP contribution < -0.4 is 16.0 Å². The highest BCUT2D eigenvalue weighted by Gasteiger charge is 2.43. The molecule has 1 saturated heterocycles. The first-order valence-electron chi connectivity index (χ1n) is 7.84. The van der Waals surface area contributed by atoms with E-state index in [-0.39, 0.29) is 5.91 Å². The van der Waals surface area contributed by atoms with Crippen molar-refractivity contribution >= 4 is 23.5 Å². The minimum atomic E-state index is -1.17. The quantitative estimate of drug-likeness (QED) is 0.747. The fraction of sp³-hybridized carbons (Fsp3) is 0.278. The first-order valence-corrected chi connectivity index (χ1v) is 7.84. The van der Waals surface area contributed by atoms with E-state index in [1.807, 2.05) is 13.8 Å². The summed E-state index contributed by atoms with van der Waals surface area (Å²) in [7, 11) is 0. The van der Waals surface area contributed by atoms with Crippen LogP contribution in [0.4, 0.5) is 10.5 Å². The standard InChI is InChI=1S/C18H19N3O4/c1-9-10(2)25-11(3)14(9)15(22)19-13-7-5-6-12(8-13)18(4)16(23)20-17(24)21-18/h5-8H,1-4H3,(H,19,22)(H2,20,21,23,24)/t18-/m0/s1. The van der Waals surface area contributed by atoms with Crippen LogP contribution in [0.25, 0.3) is 0 Å². The molecule has 2 heterocycles. The third kappa shape index (κ3) is 2.77. The molecule has 0 radical (unpaired) electrons. The summed E-state index contributed by atoms with van der Waals surface area (Å²) in [4.78, 5) is 36.1. The highest BCUT2D eigenvalue weighted by atomic mass is 16.3.